The Bertz CT molecular complexity index is 138. The first-order valence-electron chi connectivity index (χ1n) is 4.29. The topological polar surface area (TPSA) is 49.6 Å². The van der Waals surface area contributed by atoms with Crippen molar-refractivity contribution >= 4 is 6.03 Å². The number of carbonyl (C=O) groups is 1. The molecule has 0 aliphatic heterocycles. The number of nitrogens with zero attached hydrogens (tertiary/aromatic N) is 2. The Labute approximate surface area is 74.3 Å². The summed E-state index contributed by atoms with van der Waals surface area (Å²) in [6, 6.07) is 0.0611. The van der Waals surface area contributed by atoms with Crippen molar-refractivity contribution in [2.45, 2.75) is 13.3 Å². The molecule has 2 N–H and O–H groups in total. The average Bonchev–Trinajstić information content (AvgIpc) is 2.11. The standard InChI is InChI=1S/C8H19N3O/c1-4-10(2)8(12)11(3)7-5-6-9/h4-7,9H2,1-3H3. The van der Waals surface area contributed by atoms with Crippen molar-refractivity contribution < 1.29 is 4.79 Å². The number of hydrogen-bond donors (Lipinski definition) is 1. The summed E-state index contributed by atoms with van der Waals surface area (Å²) in [7, 11) is 3.59. The van der Waals surface area contributed by atoms with E-state index in [0.29, 0.717) is 6.54 Å². The van der Waals surface area contributed by atoms with Gasteiger partial charge in [0.2, 0.25) is 0 Å². The largest absolute Gasteiger partial charge is 0.330 e. The molecule has 0 spiro atoms. The molecular weight excluding hydrogens is 154 g/mol. The molecule has 0 bridgehead atoms. The van der Waals surface area contributed by atoms with Crippen LogP contribution in [0.25, 0.3) is 0 Å². The number of rotatable bonds is 4. The van der Waals surface area contributed by atoms with Crippen LogP contribution in [0.2, 0.25) is 0 Å². The van der Waals surface area contributed by atoms with Crippen LogP contribution in [-0.2, 0) is 0 Å². The lowest BCUT2D eigenvalue weighted by Crippen LogP contribution is -2.39. The first-order valence-corrected chi connectivity index (χ1v) is 4.29. The zero-order valence-corrected chi connectivity index (χ0v) is 8.21. The zero-order chi connectivity index (χ0) is 9.56. The lowest BCUT2D eigenvalue weighted by Gasteiger charge is -2.23. The quantitative estimate of drug-likeness (QED) is 0.666. The molecule has 0 aliphatic carbocycles. The maximum Gasteiger partial charge on any atom is 0.319 e. The van der Waals surface area contributed by atoms with Crippen molar-refractivity contribution in [1.29, 1.82) is 0 Å². The molecule has 0 radical (unpaired) electrons. The number of amides is 2. The van der Waals surface area contributed by atoms with Crippen LogP contribution in [0, 0.1) is 0 Å². The summed E-state index contributed by atoms with van der Waals surface area (Å²) < 4.78 is 0. The summed E-state index contributed by atoms with van der Waals surface area (Å²) >= 11 is 0. The summed E-state index contributed by atoms with van der Waals surface area (Å²) in [5, 5.41) is 0. The fourth-order valence-corrected chi connectivity index (χ4v) is 0.851. The van der Waals surface area contributed by atoms with E-state index in [2.05, 4.69) is 0 Å². The van der Waals surface area contributed by atoms with Gasteiger partial charge in [-0.2, -0.15) is 0 Å². The van der Waals surface area contributed by atoms with Gasteiger partial charge in [0.05, 0.1) is 0 Å². The van der Waals surface area contributed by atoms with Crippen molar-refractivity contribution in [3.05, 3.63) is 0 Å². The molecule has 0 aromatic rings. The molecule has 0 fully saturated rings. The Morgan fingerprint density at radius 3 is 2.33 bits per heavy atom. The van der Waals surface area contributed by atoms with Gasteiger partial charge in [-0.15, -0.1) is 0 Å². The normalized spacial score (nSPS) is 9.67. The summed E-state index contributed by atoms with van der Waals surface area (Å²) in [5.41, 5.74) is 5.33. The van der Waals surface area contributed by atoms with Crippen molar-refractivity contribution in [1.82, 2.24) is 9.80 Å². The predicted octanol–water partition coefficient (Wildman–Crippen LogP) is 0.339. The maximum absolute atomic E-state index is 11.4. The van der Waals surface area contributed by atoms with E-state index < -0.39 is 0 Å². The molecule has 0 aliphatic rings. The van der Waals surface area contributed by atoms with Gasteiger partial charge >= 0.3 is 6.03 Å². The molecule has 0 saturated carbocycles. The zero-order valence-electron chi connectivity index (χ0n) is 8.21. The molecule has 0 heterocycles. The average molecular weight is 173 g/mol. The van der Waals surface area contributed by atoms with E-state index in [1.807, 2.05) is 6.92 Å². The Balaban J connectivity index is 3.75. The molecule has 72 valence electrons. The molecule has 0 aromatic heterocycles. The highest BCUT2D eigenvalue weighted by Crippen LogP contribution is 1.93. The Morgan fingerprint density at radius 2 is 1.92 bits per heavy atom. The van der Waals surface area contributed by atoms with Crippen LogP contribution in [0.1, 0.15) is 13.3 Å². The van der Waals surface area contributed by atoms with E-state index >= 15 is 0 Å². The SMILES string of the molecule is CCN(C)C(=O)N(C)CCCN. The molecule has 4 nitrogen and oxygen atoms in total. The highest BCUT2D eigenvalue weighted by molar-refractivity contribution is 5.73. The van der Waals surface area contributed by atoms with Gasteiger partial charge in [-0.1, -0.05) is 0 Å². The second-order valence-corrected chi connectivity index (χ2v) is 2.86. The van der Waals surface area contributed by atoms with Crippen LogP contribution >= 0.6 is 0 Å². The minimum Gasteiger partial charge on any atom is -0.330 e. The second kappa shape index (κ2) is 5.83. The van der Waals surface area contributed by atoms with Gasteiger partial charge in [-0.25, -0.2) is 4.79 Å². The molecule has 0 unspecified atom stereocenters. The van der Waals surface area contributed by atoms with E-state index in [1.54, 1.807) is 23.9 Å². The predicted molar refractivity (Wildman–Crippen MR) is 50.0 cm³/mol. The van der Waals surface area contributed by atoms with Gasteiger partial charge in [0.15, 0.2) is 0 Å². The van der Waals surface area contributed by atoms with E-state index in [-0.39, 0.29) is 6.03 Å². The van der Waals surface area contributed by atoms with E-state index in [4.69, 9.17) is 5.73 Å². The van der Waals surface area contributed by atoms with Gasteiger partial charge in [-0.05, 0) is 19.9 Å². The third kappa shape index (κ3) is 3.57. The minimum atomic E-state index is 0.0611. The summed E-state index contributed by atoms with van der Waals surface area (Å²) in [4.78, 5) is 14.8. The Kier molecular flexibility index (Phi) is 5.45. The van der Waals surface area contributed by atoms with Gasteiger partial charge in [0.1, 0.15) is 0 Å². The number of carbonyl (C=O) groups excluding carboxylic acids is 1. The third-order valence-corrected chi connectivity index (χ3v) is 1.83. The van der Waals surface area contributed by atoms with Crippen LogP contribution < -0.4 is 5.73 Å². The van der Waals surface area contributed by atoms with E-state index in [9.17, 15) is 4.79 Å². The molecule has 2 amide bonds. The molecule has 0 aromatic carbocycles. The number of hydrogen-bond acceptors (Lipinski definition) is 2. The third-order valence-electron chi connectivity index (χ3n) is 1.83. The highest BCUT2D eigenvalue weighted by atomic mass is 16.2. The molecule has 0 atom stereocenters. The van der Waals surface area contributed by atoms with Crippen LogP contribution in [0.3, 0.4) is 0 Å². The van der Waals surface area contributed by atoms with Gasteiger partial charge < -0.3 is 15.5 Å². The molecular formula is C8H19N3O. The number of nitrogens with two attached hydrogens (primary N) is 1. The first-order chi connectivity index (χ1) is 5.63. The molecule has 4 heteroatoms. The maximum atomic E-state index is 11.4. The number of urea groups is 1. The van der Waals surface area contributed by atoms with Crippen LogP contribution in [0.15, 0.2) is 0 Å². The summed E-state index contributed by atoms with van der Waals surface area (Å²) in [6.45, 7) is 4.06. The van der Waals surface area contributed by atoms with Crippen molar-refractivity contribution in [3.8, 4) is 0 Å². The van der Waals surface area contributed by atoms with Crippen LogP contribution in [0.4, 0.5) is 4.79 Å². The second-order valence-electron chi connectivity index (χ2n) is 2.86. The minimum absolute atomic E-state index is 0.0611. The molecule has 0 rings (SSSR count). The lowest BCUT2D eigenvalue weighted by atomic mass is 10.4. The van der Waals surface area contributed by atoms with E-state index in [0.717, 1.165) is 19.5 Å². The first kappa shape index (κ1) is 11.2. The van der Waals surface area contributed by atoms with Gasteiger partial charge in [-0.3, -0.25) is 0 Å². The highest BCUT2D eigenvalue weighted by Gasteiger charge is 2.10. The van der Waals surface area contributed by atoms with Gasteiger partial charge in [0.25, 0.3) is 0 Å². The van der Waals surface area contributed by atoms with Crippen molar-refractivity contribution in [3.63, 3.8) is 0 Å². The van der Waals surface area contributed by atoms with E-state index in [1.165, 1.54) is 0 Å². The van der Waals surface area contributed by atoms with Crippen molar-refractivity contribution in [2.24, 2.45) is 5.73 Å². The smallest absolute Gasteiger partial charge is 0.319 e. The Morgan fingerprint density at radius 1 is 1.33 bits per heavy atom. The summed E-state index contributed by atoms with van der Waals surface area (Å²) in [5.74, 6) is 0. The Hall–Kier alpha value is -0.770. The molecule has 0 saturated heterocycles. The monoisotopic (exact) mass is 173 g/mol. The van der Waals surface area contributed by atoms with Gasteiger partial charge in [0, 0.05) is 27.2 Å². The van der Waals surface area contributed by atoms with Crippen molar-refractivity contribution in [2.75, 3.05) is 33.7 Å². The fourth-order valence-electron chi connectivity index (χ4n) is 0.851. The fraction of sp³-hybridized carbons (Fsp3) is 0.875. The summed E-state index contributed by atoms with van der Waals surface area (Å²) in [6.07, 6.45) is 0.861. The van der Waals surface area contributed by atoms with Crippen LogP contribution in [-0.4, -0.2) is 49.6 Å². The lowest BCUT2D eigenvalue weighted by molar-refractivity contribution is 0.175. The molecule has 12 heavy (non-hydrogen) atoms. The van der Waals surface area contributed by atoms with Crippen LogP contribution in [0.5, 0.6) is 0 Å².